The van der Waals surface area contributed by atoms with Crippen molar-refractivity contribution in [2.45, 2.75) is 65.0 Å². The van der Waals surface area contributed by atoms with Gasteiger partial charge < -0.3 is 15.4 Å². The van der Waals surface area contributed by atoms with E-state index in [-0.39, 0.29) is 24.0 Å². The summed E-state index contributed by atoms with van der Waals surface area (Å²) in [4.78, 5) is 13.6. The normalized spacial score (nSPS) is 14.9. The topological polar surface area (TPSA) is 71.4 Å². The SMILES string of the molecule is CCNC(=NCc1ccc(OC2CCCCC2)nc1)NCCc1csc(C)n1.I. The van der Waals surface area contributed by atoms with Crippen molar-refractivity contribution in [3.8, 4) is 5.88 Å². The van der Waals surface area contributed by atoms with E-state index in [0.717, 1.165) is 60.5 Å². The predicted octanol–water partition coefficient (Wildman–Crippen LogP) is 4.47. The zero-order chi connectivity index (χ0) is 19.6. The van der Waals surface area contributed by atoms with Crippen molar-refractivity contribution < 1.29 is 4.74 Å². The number of halogens is 1. The largest absolute Gasteiger partial charge is 0.474 e. The third kappa shape index (κ3) is 8.46. The molecule has 0 unspecified atom stereocenters. The highest BCUT2D eigenvalue weighted by molar-refractivity contribution is 14.0. The Labute approximate surface area is 195 Å². The average Bonchev–Trinajstić information content (AvgIpc) is 3.13. The van der Waals surface area contributed by atoms with Gasteiger partial charge in [0.25, 0.3) is 0 Å². The van der Waals surface area contributed by atoms with E-state index in [1.807, 2.05) is 19.2 Å². The molecule has 6 nitrogen and oxygen atoms in total. The molecule has 2 N–H and O–H groups in total. The Hall–Kier alpha value is -1.42. The molecule has 1 saturated carbocycles. The van der Waals surface area contributed by atoms with Crippen LogP contribution < -0.4 is 15.4 Å². The molecule has 8 heteroatoms. The van der Waals surface area contributed by atoms with E-state index in [0.29, 0.717) is 12.6 Å². The summed E-state index contributed by atoms with van der Waals surface area (Å²) in [7, 11) is 0. The number of aromatic nitrogens is 2. The Bertz CT molecular complexity index is 744. The quantitative estimate of drug-likeness (QED) is 0.300. The highest BCUT2D eigenvalue weighted by atomic mass is 127. The second-order valence-electron chi connectivity index (χ2n) is 7.11. The maximum atomic E-state index is 5.99. The van der Waals surface area contributed by atoms with Crippen molar-refractivity contribution in [3.05, 3.63) is 40.0 Å². The number of aryl methyl sites for hydroxylation is 1. The minimum atomic E-state index is 0. The van der Waals surface area contributed by atoms with Crippen molar-refractivity contribution in [1.29, 1.82) is 0 Å². The number of hydrogen-bond donors (Lipinski definition) is 2. The number of ether oxygens (including phenoxy) is 1. The summed E-state index contributed by atoms with van der Waals surface area (Å²) in [6.07, 6.45) is 9.23. The third-order valence-corrected chi connectivity index (χ3v) is 5.56. The number of aliphatic imine (C=N–C) groups is 1. The standard InChI is InChI=1S/C21H31N5OS.HI/c1-3-22-21(23-12-11-18-15-28-16(2)26-18)25-14-17-9-10-20(24-13-17)27-19-7-5-4-6-8-19;/h9-10,13,15,19H,3-8,11-12,14H2,1-2H3,(H2,22,23,25);1H. The van der Waals surface area contributed by atoms with Crippen LogP contribution in [0, 0.1) is 6.92 Å². The van der Waals surface area contributed by atoms with Crippen LogP contribution in [-0.4, -0.2) is 35.1 Å². The molecular weight excluding hydrogens is 497 g/mol. The van der Waals surface area contributed by atoms with Crippen molar-refractivity contribution in [2.24, 2.45) is 4.99 Å². The van der Waals surface area contributed by atoms with Crippen LogP contribution in [0.15, 0.2) is 28.7 Å². The van der Waals surface area contributed by atoms with E-state index in [4.69, 9.17) is 4.74 Å². The molecule has 0 atom stereocenters. The van der Waals surface area contributed by atoms with E-state index in [1.165, 1.54) is 19.3 Å². The van der Waals surface area contributed by atoms with Gasteiger partial charge in [-0.3, -0.25) is 0 Å². The number of thiazole rings is 1. The summed E-state index contributed by atoms with van der Waals surface area (Å²) in [6, 6.07) is 4.01. The molecule has 2 aromatic rings. The van der Waals surface area contributed by atoms with Crippen LogP contribution in [0.3, 0.4) is 0 Å². The number of nitrogens with one attached hydrogen (secondary N) is 2. The number of pyridine rings is 1. The van der Waals surface area contributed by atoms with Gasteiger partial charge in [-0.25, -0.2) is 15.0 Å². The van der Waals surface area contributed by atoms with Crippen LogP contribution in [-0.2, 0) is 13.0 Å². The smallest absolute Gasteiger partial charge is 0.213 e. The van der Waals surface area contributed by atoms with Gasteiger partial charge in [-0.2, -0.15) is 0 Å². The zero-order valence-electron chi connectivity index (χ0n) is 17.3. The van der Waals surface area contributed by atoms with Crippen LogP contribution in [0.1, 0.15) is 55.3 Å². The maximum absolute atomic E-state index is 5.99. The molecule has 0 saturated heterocycles. The first-order valence-corrected chi connectivity index (χ1v) is 11.2. The van der Waals surface area contributed by atoms with E-state index in [1.54, 1.807) is 11.3 Å². The predicted molar refractivity (Wildman–Crippen MR) is 131 cm³/mol. The minimum Gasteiger partial charge on any atom is -0.474 e. The molecule has 3 rings (SSSR count). The molecule has 0 spiro atoms. The average molecular weight is 529 g/mol. The molecule has 0 radical (unpaired) electrons. The number of hydrogen-bond acceptors (Lipinski definition) is 5. The molecule has 2 heterocycles. The van der Waals surface area contributed by atoms with E-state index < -0.39 is 0 Å². The Balaban J connectivity index is 0.00000300. The van der Waals surface area contributed by atoms with Gasteiger partial charge in [0, 0.05) is 37.2 Å². The van der Waals surface area contributed by atoms with Crippen molar-refractivity contribution in [2.75, 3.05) is 13.1 Å². The minimum absolute atomic E-state index is 0. The van der Waals surface area contributed by atoms with Gasteiger partial charge in [-0.15, -0.1) is 35.3 Å². The van der Waals surface area contributed by atoms with Crippen LogP contribution in [0.2, 0.25) is 0 Å². The highest BCUT2D eigenvalue weighted by Crippen LogP contribution is 2.22. The van der Waals surface area contributed by atoms with Crippen LogP contribution in [0.5, 0.6) is 5.88 Å². The van der Waals surface area contributed by atoms with Crippen molar-refractivity contribution >= 4 is 41.3 Å². The third-order valence-electron chi connectivity index (χ3n) is 4.74. The molecule has 1 aliphatic rings. The van der Waals surface area contributed by atoms with Gasteiger partial charge in [-0.1, -0.05) is 12.5 Å². The maximum Gasteiger partial charge on any atom is 0.213 e. The molecule has 29 heavy (non-hydrogen) atoms. The lowest BCUT2D eigenvalue weighted by Crippen LogP contribution is -2.38. The summed E-state index contributed by atoms with van der Waals surface area (Å²) in [5.74, 6) is 1.54. The van der Waals surface area contributed by atoms with Crippen LogP contribution in [0.4, 0.5) is 0 Å². The van der Waals surface area contributed by atoms with Crippen molar-refractivity contribution in [1.82, 2.24) is 20.6 Å². The Morgan fingerprint density at radius 1 is 1.24 bits per heavy atom. The fourth-order valence-electron chi connectivity index (χ4n) is 3.27. The van der Waals surface area contributed by atoms with Crippen LogP contribution in [0.25, 0.3) is 0 Å². The van der Waals surface area contributed by atoms with E-state index >= 15 is 0 Å². The molecule has 0 aliphatic heterocycles. The monoisotopic (exact) mass is 529 g/mol. The lowest BCUT2D eigenvalue weighted by Gasteiger charge is -2.22. The van der Waals surface area contributed by atoms with Gasteiger partial charge >= 0.3 is 0 Å². The first-order valence-electron chi connectivity index (χ1n) is 10.3. The molecule has 0 amide bonds. The van der Waals surface area contributed by atoms with Gasteiger partial charge in [0.15, 0.2) is 5.96 Å². The highest BCUT2D eigenvalue weighted by Gasteiger charge is 2.15. The molecule has 1 fully saturated rings. The first-order chi connectivity index (χ1) is 13.7. The summed E-state index contributed by atoms with van der Waals surface area (Å²) >= 11 is 1.69. The number of rotatable bonds is 8. The second kappa shape index (κ2) is 13.0. The van der Waals surface area contributed by atoms with Gasteiger partial charge in [0.1, 0.15) is 6.10 Å². The summed E-state index contributed by atoms with van der Waals surface area (Å²) in [5.41, 5.74) is 2.20. The van der Waals surface area contributed by atoms with Gasteiger partial charge in [-0.05, 0) is 45.1 Å². The van der Waals surface area contributed by atoms with Gasteiger partial charge in [0.05, 0.1) is 17.2 Å². The number of nitrogens with zero attached hydrogens (tertiary/aromatic N) is 3. The lowest BCUT2D eigenvalue weighted by atomic mass is 9.98. The lowest BCUT2D eigenvalue weighted by molar-refractivity contribution is 0.148. The molecule has 0 aromatic carbocycles. The Morgan fingerprint density at radius 2 is 2.07 bits per heavy atom. The van der Waals surface area contributed by atoms with E-state index in [2.05, 4.69) is 44.0 Å². The summed E-state index contributed by atoms with van der Waals surface area (Å²) in [5, 5.41) is 9.88. The summed E-state index contributed by atoms with van der Waals surface area (Å²) in [6.45, 7) is 6.32. The molecular formula is C21H32IN5OS. The first kappa shape index (κ1) is 23.9. The Morgan fingerprint density at radius 3 is 2.72 bits per heavy atom. The molecule has 160 valence electrons. The zero-order valence-corrected chi connectivity index (χ0v) is 20.5. The Kier molecular flexibility index (Phi) is 10.7. The molecule has 2 aromatic heterocycles. The second-order valence-corrected chi connectivity index (χ2v) is 8.17. The van der Waals surface area contributed by atoms with E-state index in [9.17, 15) is 0 Å². The molecule has 1 aliphatic carbocycles. The van der Waals surface area contributed by atoms with Gasteiger partial charge in [0.2, 0.25) is 5.88 Å². The fraction of sp³-hybridized carbons (Fsp3) is 0.571. The molecule has 0 bridgehead atoms. The fourth-order valence-corrected chi connectivity index (χ4v) is 3.92. The van der Waals surface area contributed by atoms with Crippen LogP contribution >= 0.6 is 35.3 Å². The summed E-state index contributed by atoms with van der Waals surface area (Å²) < 4.78 is 5.99. The number of guanidine groups is 1. The van der Waals surface area contributed by atoms with Crippen molar-refractivity contribution in [3.63, 3.8) is 0 Å².